The average Bonchev–Trinajstić information content (AvgIpc) is 3.40. The molecule has 32 heavy (non-hydrogen) atoms. The van der Waals surface area contributed by atoms with Crippen LogP contribution >= 0.6 is 11.8 Å². The molecule has 2 aromatic heterocycles. The van der Waals surface area contributed by atoms with Crippen LogP contribution in [0.3, 0.4) is 0 Å². The molecule has 0 saturated carbocycles. The van der Waals surface area contributed by atoms with E-state index in [1.165, 1.54) is 11.8 Å². The van der Waals surface area contributed by atoms with E-state index in [0.717, 1.165) is 17.1 Å². The summed E-state index contributed by atoms with van der Waals surface area (Å²) in [7, 11) is 3.93. The summed E-state index contributed by atoms with van der Waals surface area (Å²) in [6.45, 7) is 0. The fraction of sp³-hybridized carbons (Fsp3) is 0.217. The number of carbonyl (C=O) groups is 1. The van der Waals surface area contributed by atoms with Crippen LogP contribution in [0.4, 0.5) is 11.4 Å². The van der Waals surface area contributed by atoms with Gasteiger partial charge in [-0.15, -0.1) is 0 Å². The normalized spacial score (nSPS) is 15.0. The maximum absolute atomic E-state index is 13.2. The standard InChI is InChI=1S/C23H22N6O2S/c1-27(2)16-10-8-15(9-11-16)25-20(30)12-18-14-32-23-26-21-19(22(31)28(18)23)13-24-29(21)17-6-4-3-5-7-17/h3-11,13,18H,12,14H2,1-2H3,(H,25,30)/t18-/m1/s1. The third-order valence-electron chi connectivity index (χ3n) is 5.46. The van der Waals surface area contributed by atoms with E-state index in [0.29, 0.717) is 21.9 Å². The Hall–Kier alpha value is -3.59. The minimum atomic E-state index is -0.250. The fourth-order valence-electron chi connectivity index (χ4n) is 3.81. The molecule has 3 heterocycles. The fourth-order valence-corrected chi connectivity index (χ4v) is 4.94. The van der Waals surface area contributed by atoms with Crippen molar-refractivity contribution in [2.24, 2.45) is 0 Å². The van der Waals surface area contributed by atoms with Crippen LogP contribution < -0.4 is 15.8 Å². The number of fused-ring (bicyclic) bond motifs is 2. The first-order valence-electron chi connectivity index (χ1n) is 10.3. The lowest BCUT2D eigenvalue weighted by atomic mass is 10.2. The van der Waals surface area contributed by atoms with E-state index >= 15 is 0 Å². The summed E-state index contributed by atoms with van der Waals surface area (Å²) in [5.41, 5.74) is 3.01. The molecule has 5 rings (SSSR count). The summed E-state index contributed by atoms with van der Waals surface area (Å²) in [4.78, 5) is 32.6. The Morgan fingerprint density at radius 3 is 2.62 bits per heavy atom. The highest BCUT2D eigenvalue weighted by atomic mass is 32.2. The van der Waals surface area contributed by atoms with Crippen LogP contribution in [0.15, 0.2) is 70.7 Å². The number of nitrogens with zero attached hydrogens (tertiary/aromatic N) is 5. The number of para-hydroxylation sites is 1. The summed E-state index contributed by atoms with van der Waals surface area (Å²) < 4.78 is 3.31. The molecule has 1 atom stereocenters. The van der Waals surface area contributed by atoms with Gasteiger partial charge in [-0.05, 0) is 36.4 Å². The number of nitrogens with one attached hydrogen (secondary N) is 1. The molecule has 2 aromatic carbocycles. The van der Waals surface area contributed by atoms with E-state index in [2.05, 4.69) is 10.4 Å². The number of thioether (sulfide) groups is 1. The maximum Gasteiger partial charge on any atom is 0.265 e. The molecule has 0 spiro atoms. The third-order valence-corrected chi connectivity index (χ3v) is 6.56. The SMILES string of the molecule is CN(C)c1ccc(NC(=O)C[C@@H]2CSc3nc4c(cnn4-c4ccccc4)c(=O)n32)cc1. The number of amides is 1. The Labute approximate surface area is 188 Å². The summed E-state index contributed by atoms with van der Waals surface area (Å²) >= 11 is 1.49. The number of benzene rings is 2. The van der Waals surface area contributed by atoms with Gasteiger partial charge in [0.2, 0.25) is 5.91 Å². The molecule has 8 nitrogen and oxygen atoms in total. The van der Waals surface area contributed by atoms with Gasteiger partial charge in [0, 0.05) is 37.6 Å². The Morgan fingerprint density at radius 2 is 1.91 bits per heavy atom. The molecule has 1 aliphatic rings. The van der Waals surface area contributed by atoms with E-state index < -0.39 is 0 Å². The second-order valence-corrected chi connectivity index (χ2v) is 8.84. The molecular weight excluding hydrogens is 424 g/mol. The highest BCUT2D eigenvalue weighted by Gasteiger charge is 2.29. The number of aromatic nitrogens is 4. The van der Waals surface area contributed by atoms with Gasteiger partial charge in [0.15, 0.2) is 10.8 Å². The monoisotopic (exact) mass is 446 g/mol. The van der Waals surface area contributed by atoms with Crippen LogP contribution in [-0.2, 0) is 4.79 Å². The lowest BCUT2D eigenvalue weighted by Crippen LogP contribution is -2.27. The molecule has 0 saturated heterocycles. The molecule has 9 heteroatoms. The van der Waals surface area contributed by atoms with Crippen LogP contribution in [0.2, 0.25) is 0 Å². The van der Waals surface area contributed by atoms with E-state index in [1.807, 2.05) is 73.6 Å². The highest BCUT2D eigenvalue weighted by molar-refractivity contribution is 7.99. The van der Waals surface area contributed by atoms with Gasteiger partial charge in [-0.25, -0.2) is 9.67 Å². The number of hydrogen-bond acceptors (Lipinski definition) is 6. The molecule has 162 valence electrons. The zero-order valence-corrected chi connectivity index (χ0v) is 18.5. The molecule has 0 fully saturated rings. The first kappa shape index (κ1) is 20.3. The van der Waals surface area contributed by atoms with Gasteiger partial charge in [-0.1, -0.05) is 30.0 Å². The van der Waals surface area contributed by atoms with Crippen molar-refractivity contribution in [1.82, 2.24) is 19.3 Å². The first-order chi connectivity index (χ1) is 15.5. The van der Waals surface area contributed by atoms with Crippen molar-refractivity contribution in [2.45, 2.75) is 17.6 Å². The van der Waals surface area contributed by atoms with Crippen LogP contribution in [0, 0.1) is 0 Å². The Kier molecular flexibility index (Phi) is 5.18. The minimum Gasteiger partial charge on any atom is -0.378 e. The van der Waals surface area contributed by atoms with Gasteiger partial charge >= 0.3 is 0 Å². The van der Waals surface area contributed by atoms with Gasteiger partial charge in [0.25, 0.3) is 5.56 Å². The summed E-state index contributed by atoms with van der Waals surface area (Å²) in [5, 5.41) is 8.37. The second-order valence-electron chi connectivity index (χ2n) is 7.86. The quantitative estimate of drug-likeness (QED) is 0.474. The Morgan fingerprint density at radius 1 is 1.16 bits per heavy atom. The number of carbonyl (C=O) groups excluding carboxylic acids is 1. The summed E-state index contributed by atoms with van der Waals surface area (Å²) in [6.07, 6.45) is 1.76. The van der Waals surface area contributed by atoms with Crippen LogP contribution in [0.1, 0.15) is 12.5 Å². The zero-order chi connectivity index (χ0) is 22.2. The molecule has 0 bridgehead atoms. The van der Waals surface area contributed by atoms with Crippen molar-refractivity contribution in [1.29, 1.82) is 0 Å². The van der Waals surface area contributed by atoms with Gasteiger partial charge in [0.05, 0.1) is 17.9 Å². The smallest absolute Gasteiger partial charge is 0.265 e. The molecule has 0 unspecified atom stereocenters. The number of rotatable bonds is 5. The average molecular weight is 447 g/mol. The lowest BCUT2D eigenvalue weighted by Gasteiger charge is -2.15. The van der Waals surface area contributed by atoms with E-state index in [1.54, 1.807) is 15.4 Å². The molecule has 1 N–H and O–H groups in total. The third kappa shape index (κ3) is 3.64. The van der Waals surface area contributed by atoms with Crippen molar-refractivity contribution in [3.63, 3.8) is 0 Å². The number of hydrogen-bond donors (Lipinski definition) is 1. The van der Waals surface area contributed by atoms with Gasteiger partial charge in [-0.2, -0.15) is 5.10 Å². The molecule has 1 aliphatic heterocycles. The van der Waals surface area contributed by atoms with Crippen molar-refractivity contribution in [2.75, 3.05) is 30.1 Å². The van der Waals surface area contributed by atoms with E-state index in [4.69, 9.17) is 4.98 Å². The maximum atomic E-state index is 13.2. The molecular formula is C23H22N6O2S. The zero-order valence-electron chi connectivity index (χ0n) is 17.7. The van der Waals surface area contributed by atoms with E-state index in [-0.39, 0.29) is 23.9 Å². The van der Waals surface area contributed by atoms with Crippen molar-refractivity contribution in [3.05, 3.63) is 71.1 Å². The predicted molar refractivity (Wildman–Crippen MR) is 127 cm³/mol. The largest absolute Gasteiger partial charge is 0.378 e. The number of anilines is 2. The van der Waals surface area contributed by atoms with Gasteiger partial charge < -0.3 is 10.2 Å². The molecule has 0 aliphatic carbocycles. The van der Waals surface area contributed by atoms with Crippen LogP contribution in [0.25, 0.3) is 16.7 Å². The van der Waals surface area contributed by atoms with Crippen LogP contribution in [0.5, 0.6) is 0 Å². The molecule has 1 amide bonds. The predicted octanol–water partition coefficient (Wildman–Crippen LogP) is 3.32. The van der Waals surface area contributed by atoms with Crippen molar-refractivity contribution >= 4 is 40.1 Å². The topological polar surface area (TPSA) is 85.1 Å². The Balaban J connectivity index is 1.39. The summed E-state index contributed by atoms with van der Waals surface area (Å²) in [6, 6.07) is 17.0. The Bertz CT molecular complexity index is 1340. The van der Waals surface area contributed by atoms with Gasteiger partial charge in [0.1, 0.15) is 5.39 Å². The minimum absolute atomic E-state index is 0.131. The van der Waals surface area contributed by atoms with E-state index in [9.17, 15) is 9.59 Å². The second kappa shape index (κ2) is 8.16. The molecule has 4 aromatic rings. The van der Waals surface area contributed by atoms with Crippen molar-refractivity contribution < 1.29 is 4.79 Å². The highest BCUT2D eigenvalue weighted by Crippen LogP contribution is 2.33. The lowest BCUT2D eigenvalue weighted by molar-refractivity contribution is -0.116. The summed E-state index contributed by atoms with van der Waals surface area (Å²) in [5.74, 6) is 0.494. The van der Waals surface area contributed by atoms with Crippen molar-refractivity contribution in [3.8, 4) is 5.69 Å². The first-order valence-corrected chi connectivity index (χ1v) is 11.3. The van der Waals surface area contributed by atoms with Crippen LogP contribution in [-0.4, -0.2) is 45.1 Å². The molecule has 0 radical (unpaired) electrons. The van der Waals surface area contributed by atoms with Gasteiger partial charge in [-0.3, -0.25) is 14.2 Å².